The summed E-state index contributed by atoms with van der Waals surface area (Å²) >= 11 is 7.32. The molecule has 0 amide bonds. The fourth-order valence-electron chi connectivity index (χ4n) is 2.71. The molecule has 1 heterocycles. The van der Waals surface area contributed by atoms with Crippen molar-refractivity contribution < 1.29 is 0 Å². The molecule has 1 unspecified atom stereocenters. The average molecular weight is 390 g/mol. The molecular formula is C15H22Br2N2. The summed E-state index contributed by atoms with van der Waals surface area (Å²) in [6.45, 7) is 6.84. The number of anilines is 1. The van der Waals surface area contributed by atoms with Crippen molar-refractivity contribution in [3.8, 4) is 0 Å². The van der Waals surface area contributed by atoms with Gasteiger partial charge in [0.2, 0.25) is 0 Å². The van der Waals surface area contributed by atoms with Gasteiger partial charge in [-0.1, -0.05) is 0 Å². The van der Waals surface area contributed by atoms with Gasteiger partial charge in [0.15, 0.2) is 0 Å². The maximum absolute atomic E-state index is 3.68. The van der Waals surface area contributed by atoms with E-state index >= 15 is 0 Å². The number of rotatable bonds is 3. The summed E-state index contributed by atoms with van der Waals surface area (Å²) in [6, 6.07) is 4.83. The molecule has 0 spiro atoms. The zero-order chi connectivity index (χ0) is 14.0. The number of likely N-dealkylation sites (tertiary alicyclic amines) is 1. The van der Waals surface area contributed by atoms with Crippen LogP contribution < -0.4 is 5.32 Å². The molecule has 1 aliphatic rings. The first-order chi connectivity index (χ1) is 8.97. The van der Waals surface area contributed by atoms with Crippen molar-refractivity contribution >= 4 is 37.5 Å². The van der Waals surface area contributed by atoms with Crippen molar-refractivity contribution in [1.29, 1.82) is 0 Å². The maximum Gasteiger partial charge on any atom is 0.0631 e. The van der Waals surface area contributed by atoms with E-state index in [1.54, 1.807) is 0 Å². The van der Waals surface area contributed by atoms with Crippen LogP contribution in [0.2, 0.25) is 0 Å². The standard InChI is InChI=1S/C15H22Br2N2/c1-10-8-13(16)15(14(17)9-10)18-11(2)12-4-6-19(3)7-5-12/h8-9,11-12,18H,4-7H2,1-3H3. The van der Waals surface area contributed by atoms with Crippen LogP contribution in [0, 0.1) is 12.8 Å². The van der Waals surface area contributed by atoms with Crippen molar-refractivity contribution in [2.75, 3.05) is 25.5 Å². The first-order valence-corrected chi connectivity index (χ1v) is 8.46. The van der Waals surface area contributed by atoms with Gasteiger partial charge in [0, 0.05) is 15.0 Å². The second-order valence-corrected chi connectivity index (χ2v) is 7.39. The van der Waals surface area contributed by atoms with E-state index in [0.717, 1.165) is 14.9 Å². The summed E-state index contributed by atoms with van der Waals surface area (Å²) in [5, 5.41) is 3.68. The number of aryl methyl sites for hydroxylation is 1. The Labute approximate surface area is 133 Å². The number of benzene rings is 1. The van der Waals surface area contributed by atoms with Gasteiger partial charge in [0.1, 0.15) is 0 Å². The highest BCUT2D eigenvalue weighted by Crippen LogP contribution is 2.34. The van der Waals surface area contributed by atoms with Gasteiger partial charge in [0.05, 0.1) is 5.69 Å². The molecule has 1 atom stereocenters. The van der Waals surface area contributed by atoms with Crippen molar-refractivity contribution in [3.05, 3.63) is 26.6 Å². The van der Waals surface area contributed by atoms with Crippen LogP contribution in [0.4, 0.5) is 5.69 Å². The fourth-order valence-corrected chi connectivity index (χ4v) is 4.36. The van der Waals surface area contributed by atoms with Crippen LogP contribution >= 0.6 is 31.9 Å². The van der Waals surface area contributed by atoms with Gasteiger partial charge < -0.3 is 10.2 Å². The lowest BCUT2D eigenvalue weighted by Gasteiger charge is -2.33. The molecule has 0 bridgehead atoms. The van der Waals surface area contributed by atoms with E-state index in [-0.39, 0.29) is 0 Å². The van der Waals surface area contributed by atoms with E-state index in [0.29, 0.717) is 6.04 Å². The van der Waals surface area contributed by atoms with Gasteiger partial charge >= 0.3 is 0 Å². The molecule has 4 heteroatoms. The summed E-state index contributed by atoms with van der Waals surface area (Å²) in [4.78, 5) is 2.42. The van der Waals surface area contributed by atoms with Gasteiger partial charge in [-0.3, -0.25) is 0 Å². The minimum Gasteiger partial charge on any atom is -0.380 e. The molecule has 1 saturated heterocycles. The smallest absolute Gasteiger partial charge is 0.0631 e. The number of halogens is 2. The Morgan fingerprint density at radius 2 is 1.74 bits per heavy atom. The molecule has 19 heavy (non-hydrogen) atoms. The van der Waals surface area contributed by atoms with E-state index in [2.05, 4.69) is 75.1 Å². The highest BCUT2D eigenvalue weighted by Gasteiger charge is 2.23. The number of hydrogen-bond acceptors (Lipinski definition) is 2. The first kappa shape index (κ1) is 15.3. The van der Waals surface area contributed by atoms with Crippen LogP contribution in [-0.2, 0) is 0 Å². The molecule has 1 fully saturated rings. The third-order valence-corrected chi connectivity index (χ3v) is 5.28. The maximum atomic E-state index is 3.68. The lowest BCUT2D eigenvalue weighted by Crippen LogP contribution is -2.37. The Bertz CT molecular complexity index is 417. The summed E-state index contributed by atoms with van der Waals surface area (Å²) in [7, 11) is 2.21. The Kier molecular flexibility index (Phi) is 5.32. The van der Waals surface area contributed by atoms with E-state index in [1.807, 2.05) is 0 Å². The predicted molar refractivity (Wildman–Crippen MR) is 89.9 cm³/mol. The Hall–Kier alpha value is -0.0600. The first-order valence-electron chi connectivity index (χ1n) is 6.88. The van der Waals surface area contributed by atoms with Crippen molar-refractivity contribution in [3.63, 3.8) is 0 Å². The largest absolute Gasteiger partial charge is 0.380 e. The van der Waals surface area contributed by atoms with E-state index in [4.69, 9.17) is 0 Å². The Balaban J connectivity index is 2.04. The fraction of sp³-hybridized carbons (Fsp3) is 0.600. The SMILES string of the molecule is Cc1cc(Br)c(NC(C)C2CCN(C)CC2)c(Br)c1. The van der Waals surface area contributed by atoms with E-state index in [9.17, 15) is 0 Å². The van der Waals surface area contributed by atoms with Gasteiger partial charge in [0.25, 0.3) is 0 Å². The highest BCUT2D eigenvalue weighted by atomic mass is 79.9. The Morgan fingerprint density at radius 3 is 2.26 bits per heavy atom. The second kappa shape index (κ2) is 6.59. The van der Waals surface area contributed by atoms with E-state index < -0.39 is 0 Å². The second-order valence-electron chi connectivity index (χ2n) is 5.68. The average Bonchev–Trinajstić information content (AvgIpc) is 2.34. The zero-order valence-electron chi connectivity index (χ0n) is 11.8. The molecule has 1 aromatic carbocycles. The minimum atomic E-state index is 0.504. The molecule has 1 aromatic rings. The Morgan fingerprint density at radius 1 is 1.21 bits per heavy atom. The summed E-state index contributed by atoms with van der Waals surface area (Å²) in [5.41, 5.74) is 2.44. The van der Waals surface area contributed by atoms with Gasteiger partial charge in [-0.05, 0) is 102 Å². The lowest BCUT2D eigenvalue weighted by atomic mass is 9.90. The van der Waals surface area contributed by atoms with Crippen molar-refractivity contribution in [1.82, 2.24) is 4.90 Å². The molecule has 0 radical (unpaired) electrons. The van der Waals surface area contributed by atoms with Gasteiger partial charge in [-0.2, -0.15) is 0 Å². The van der Waals surface area contributed by atoms with Gasteiger partial charge in [-0.25, -0.2) is 0 Å². The normalized spacial score (nSPS) is 19.4. The summed E-state index contributed by atoms with van der Waals surface area (Å²) in [6.07, 6.45) is 2.57. The van der Waals surface area contributed by atoms with Crippen molar-refractivity contribution in [2.45, 2.75) is 32.7 Å². The van der Waals surface area contributed by atoms with Crippen LogP contribution in [0.3, 0.4) is 0 Å². The van der Waals surface area contributed by atoms with Crippen LogP contribution in [0.15, 0.2) is 21.1 Å². The molecule has 2 nitrogen and oxygen atoms in total. The van der Waals surface area contributed by atoms with E-state index in [1.165, 1.54) is 37.2 Å². The molecular weight excluding hydrogens is 368 g/mol. The van der Waals surface area contributed by atoms with Crippen LogP contribution in [0.25, 0.3) is 0 Å². The number of piperidine rings is 1. The zero-order valence-corrected chi connectivity index (χ0v) is 15.0. The monoisotopic (exact) mass is 388 g/mol. The number of hydrogen-bond donors (Lipinski definition) is 1. The predicted octanol–water partition coefficient (Wildman–Crippen LogP) is 4.66. The van der Waals surface area contributed by atoms with Crippen LogP contribution in [0.1, 0.15) is 25.3 Å². The topological polar surface area (TPSA) is 15.3 Å². The number of nitrogens with zero attached hydrogens (tertiary/aromatic N) is 1. The third kappa shape index (κ3) is 3.96. The summed E-state index contributed by atoms with van der Waals surface area (Å²) in [5.74, 6) is 0.760. The molecule has 106 valence electrons. The third-order valence-electron chi connectivity index (χ3n) is 4.03. The molecule has 1 aliphatic heterocycles. The van der Waals surface area contributed by atoms with Crippen LogP contribution in [-0.4, -0.2) is 31.1 Å². The lowest BCUT2D eigenvalue weighted by molar-refractivity contribution is 0.208. The molecule has 1 N–H and O–H groups in total. The molecule has 0 aliphatic carbocycles. The van der Waals surface area contributed by atoms with Crippen molar-refractivity contribution in [2.24, 2.45) is 5.92 Å². The number of nitrogens with one attached hydrogen (secondary N) is 1. The molecule has 0 saturated carbocycles. The summed E-state index contributed by atoms with van der Waals surface area (Å²) < 4.78 is 2.28. The molecule has 2 rings (SSSR count). The quantitative estimate of drug-likeness (QED) is 0.808. The minimum absolute atomic E-state index is 0.504. The molecule has 0 aromatic heterocycles. The van der Waals surface area contributed by atoms with Gasteiger partial charge in [-0.15, -0.1) is 0 Å². The van der Waals surface area contributed by atoms with Crippen LogP contribution in [0.5, 0.6) is 0 Å². The highest BCUT2D eigenvalue weighted by molar-refractivity contribution is 9.11.